The van der Waals surface area contributed by atoms with Crippen LogP contribution in [0.5, 0.6) is 0 Å². The van der Waals surface area contributed by atoms with Crippen molar-refractivity contribution >= 4 is 21.6 Å². The summed E-state index contributed by atoms with van der Waals surface area (Å²) in [6, 6.07) is 6.92. The Morgan fingerprint density at radius 1 is 1.55 bits per heavy atom. The van der Waals surface area contributed by atoms with Crippen LogP contribution in [-0.2, 0) is 6.42 Å². The van der Waals surface area contributed by atoms with Gasteiger partial charge < -0.3 is 5.32 Å². The van der Waals surface area contributed by atoms with Gasteiger partial charge in [-0.3, -0.25) is 0 Å². The van der Waals surface area contributed by atoms with Crippen LogP contribution in [0.15, 0.2) is 22.7 Å². The zero-order valence-corrected chi connectivity index (χ0v) is 7.98. The average molecular weight is 212 g/mol. The van der Waals surface area contributed by atoms with Gasteiger partial charge in [-0.1, -0.05) is 12.1 Å². The molecule has 1 unspecified atom stereocenters. The Bertz CT molecular complexity index is 283. The van der Waals surface area contributed by atoms with Crippen molar-refractivity contribution in [2.45, 2.75) is 19.4 Å². The third-order valence-corrected chi connectivity index (χ3v) is 2.68. The number of hydrogen-bond donors (Lipinski definition) is 1. The number of rotatable bonds is 0. The monoisotopic (exact) mass is 211 g/mol. The molecule has 1 aliphatic rings. The number of nitrogens with one attached hydrogen (secondary N) is 1. The van der Waals surface area contributed by atoms with Crippen LogP contribution in [0.4, 0.5) is 5.69 Å². The van der Waals surface area contributed by atoms with Gasteiger partial charge in [0.15, 0.2) is 0 Å². The first-order valence-electron chi connectivity index (χ1n) is 3.81. The first kappa shape index (κ1) is 7.17. The molecule has 0 amide bonds. The highest BCUT2D eigenvalue weighted by atomic mass is 79.9. The van der Waals surface area contributed by atoms with Crippen LogP contribution in [-0.4, -0.2) is 6.04 Å². The van der Waals surface area contributed by atoms with Gasteiger partial charge in [-0.2, -0.15) is 0 Å². The molecule has 1 aromatic carbocycles. The van der Waals surface area contributed by atoms with Crippen LogP contribution in [0.25, 0.3) is 0 Å². The number of hydrogen-bond acceptors (Lipinski definition) is 1. The molecule has 1 nitrogen and oxygen atoms in total. The predicted molar refractivity (Wildman–Crippen MR) is 50.9 cm³/mol. The van der Waals surface area contributed by atoms with Gasteiger partial charge in [0.05, 0.1) is 5.69 Å². The van der Waals surface area contributed by atoms with E-state index in [9.17, 15) is 0 Å². The predicted octanol–water partition coefficient (Wildman–Crippen LogP) is 2.81. The highest BCUT2D eigenvalue weighted by molar-refractivity contribution is 9.10. The Morgan fingerprint density at radius 3 is 3.09 bits per heavy atom. The first-order valence-corrected chi connectivity index (χ1v) is 4.60. The lowest BCUT2D eigenvalue weighted by molar-refractivity contribution is 0.839. The van der Waals surface area contributed by atoms with Gasteiger partial charge in [0, 0.05) is 10.5 Å². The van der Waals surface area contributed by atoms with E-state index in [1.54, 1.807) is 0 Å². The standard InChI is InChI=1S/C9H10BrN/c1-6-5-7-3-2-4-8(10)9(7)11-6/h2-4,6,11H,5H2,1H3. The van der Waals surface area contributed by atoms with Crippen molar-refractivity contribution in [3.05, 3.63) is 28.2 Å². The molecule has 1 aromatic rings. The minimum atomic E-state index is 0.587. The highest BCUT2D eigenvalue weighted by Crippen LogP contribution is 2.32. The normalized spacial score (nSPS) is 21.1. The fourth-order valence-electron chi connectivity index (χ4n) is 1.53. The van der Waals surface area contributed by atoms with E-state index < -0.39 is 0 Å². The smallest absolute Gasteiger partial charge is 0.0520 e. The minimum absolute atomic E-state index is 0.587. The van der Waals surface area contributed by atoms with Crippen LogP contribution >= 0.6 is 15.9 Å². The van der Waals surface area contributed by atoms with Crippen molar-refractivity contribution < 1.29 is 0 Å². The zero-order valence-electron chi connectivity index (χ0n) is 6.39. The molecule has 1 heterocycles. The van der Waals surface area contributed by atoms with Gasteiger partial charge in [0.1, 0.15) is 0 Å². The van der Waals surface area contributed by atoms with E-state index in [0.29, 0.717) is 6.04 Å². The summed E-state index contributed by atoms with van der Waals surface area (Å²) in [4.78, 5) is 0. The van der Waals surface area contributed by atoms with E-state index in [4.69, 9.17) is 0 Å². The maximum atomic E-state index is 3.51. The number of fused-ring (bicyclic) bond motifs is 1. The molecule has 58 valence electrons. The van der Waals surface area contributed by atoms with Crippen molar-refractivity contribution in [3.63, 3.8) is 0 Å². The summed E-state index contributed by atoms with van der Waals surface area (Å²) < 4.78 is 1.18. The van der Waals surface area contributed by atoms with Gasteiger partial charge in [0.25, 0.3) is 0 Å². The second kappa shape index (κ2) is 2.52. The van der Waals surface area contributed by atoms with E-state index in [1.807, 2.05) is 0 Å². The molecule has 0 saturated heterocycles. The lowest BCUT2D eigenvalue weighted by Crippen LogP contribution is -2.08. The highest BCUT2D eigenvalue weighted by Gasteiger charge is 2.17. The minimum Gasteiger partial charge on any atom is -0.381 e. The number of para-hydroxylation sites is 1. The summed E-state index contributed by atoms with van der Waals surface area (Å²) in [5, 5.41) is 3.42. The molecule has 1 aliphatic heterocycles. The molecule has 0 radical (unpaired) electrons. The maximum absolute atomic E-state index is 3.51. The van der Waals surface area contributed by atoms with Crippen LogP contribution < -0.4 is 5.32 Å². The zero-order chi connectivity index (χ0) is 7.84. The van der Waals surface area contributed by atoms with Crippen LogP contribution in [0.1, 0.15) is 12.5 Å². The third-order valence-electron chi connectivity index (χ3n) is 2.02. The van der Waals surface area contributed by atoms with E-state index in [-0.39, 0.29) is 0 Å². The van der Waals surface area contributed by atoms with E-state index in [1.165, 1.54) is 15.7 Å². The Labute approximate surface area is 74.9 Å². The van der Waals surface area contributed by atoms with Gasteiger partial charge >= 0.3 is 0 Å². The summed E-state index contributed by atoms with van der Waals surface area (Å²) in [6.07, 6.45) is 1.15. The van der Waals surface area contributed by atoms with Gasteiger partial charge in [0.2, 0.25) is 0 Å². The summed E-state index contributed by atoms with van der Waals surface area (Å²) in [5.41, 5.74) is 2.70. The fraction of sp³-hybridized carbons (Fsp3) is 0.333. The molecular weight excluding hydrogens is 202 g/mol. The summed E-state index contributed by atoms with van der Waals surface area (Å²) >= 11 is 3.51. The number of benzene rings is 1. The Hall–Kier alpha value is -0.500. The summed E-state index contributed by atoms with van der Waals surface area (Å²) in [6.45, 7) is 2.20. The lowest BCUT2D eigenvalue weighted by atomic mass is 10.1. The topological polar surface area (TPSA) is 12.0 Å². The van der Waals surface area contributed by atoms with Crippen LogP contribution in [0.3, 0.4) is 0 Å². The van der Waals surface area contributed by atoms with Crippen molar-refractivity contribution in [1.82, 2.24) is 0 Å². The van der Waals surface area contributed by atoms with E-state index in [0.717, 1.165) is 6.42 Å². The number of halogens is 1. The molecular formula is C9H10BrN. The molecule has 1 N–H and O–H groups in total. The van der Waals surface area contributed by atoms with Crippen molar-refractivity contribution in [2.24, 2.45) is 0 Å². The summed E-state index contributed by atoms with van der Waals surface area (Å²) in [5.74, 6) is 0. The molecule has 0 aliphatic carbocycles. The number of anilines is 1. The fourth-order valence-corrected chi connectivity index (χ4v) is 2.05. The van der Waals surface area contributed by atoms with Crippen LogP contribution in [0, 0.1) is 0 Å². The Kier molecular flexibility index (Phi) is 1.64. The van der Waals surface area contributed by atoms with Crippen molar-refractivity contribution in [1.29, 1.82) is 0 Å². The molecule has 2 rings (SSSR count). The summed E-state index contributed by atoms with van der Waals surface area (Å²) in [7, 11) is 0. The van der Waals surface area contributed by atoms with Crippen molar-refractivity contribution in [2.75, 3.05) is 5.32 Å². The molecule has 0 bridgehead atoms. The molecule has 1 atom stereocenters. The Morgan fingerprint density at radius 2 is 2.36 bits per heavy atom. The quantitative estimate of drug-likeness (QED) is 0.697. The molecule has 0 fully saturated rings. The lowest BCUT2D eigenvalue weighted by Gasteiger charge is -2.03. The van der Waals surface area contributed by atoms with Gasteiger partial charge in [-0.25, -0.2) is 0 Å². The largest absolute Gasteiger partial charge is 0.381 e. The van der Waals surface area contributed by atoms with Gasteiger partial charge in [-0.05, 0) is 40.9 Å². The maximum Gasteiger partial charge on any atom is 0.0520 e. The third kappa shape index (κ3) is 1.16. The van der Waals surface area contributed by atoms with E-state index >= 15 is 0 Å². The molecule has 0 spiro atoms. The molecule has 2 heteroatoms. The molecule has 0 aromatic heterocycles. The second-order valence-corrected chi connectivity index (χ2v) is 3.88. The van der Waals surface area contributed by atoms with Crippen molar-refractivity contribution in [3.8, 4) is 0 Å². The molecule has 11 heavy (non-hydrogen) atoms. The van der Waals surface area contributed by atoms with Crippen LogP contribution in [0.2, 0.25) is 0 Å². The SMILES string of the molecule is CC1Cc2cccc(Br)c2N1. The first-order chi connectivity index (χ1) is 5.27. The Balaban J connectivity index is 2.49. The second-order valence-electron chi connectivity index (χ2n) is 3.02. The van der Waals surface area contributed by atoms with Gasteiger partial charge in [-0.15, -0.1) is 0 Å². The average Bonchev–Trinajstić information content (AvgIpc) is 2.31. The van der Waals surface area contributed by atoms with E-state index in [2.05, 4.69) is 46.4 Å². The molecule has 0 saturated carbocycles.